The normalized spacial score (nSPS) is 26.4. The fraction of sp³-hybridized carbons (Fsp3) is 0.421. The molecule has 2 aliphatic rings. The highest BCUT2D eigenvalue weighted by atomic mass is 16.6. The lowest BCUT2D eigenvalue weighted by Gasteiger charge is -2.16. The number of fused-ring (bicyclic) bond motifs is 2. The van der Waals surface area contributed by atoms with E-state index >= 15 is 0 Å². The minimum Gasteiger partial charge on any atom is -0.493 e. The molecule has 1 fully saturated rings. The largest absolute Gasteiger partial charge is 0.493 e. The van der Waals surface area contributed by atoms with Crippen LogP contribution < -0.4 is 9.47 Å². The quantitative estimate of drug-likeness (QED) is 0.685. The van der Waals surface area contributed by atoms with Crippen molar-refractivity contribution in [3.8, 4) is 11.6 Å². The van der Waals surface area contributed by atoms with Crippen LogP contribution in [0.5, 0.6) is 11.6 Å². The Morgan fingerprint density at radius 1 is 1.21 bits per heavy atom. The molecule has 0 saturated carbocycles. The second-order valence-corrected chi connectivity index (χ2v) is 7.05. The van der Waals surface area contributed by atoms with Gasteiger partial charge >= 0.3 is 0 Å². The number of hydrogen-bond donors (Lipinski definition) is 2. The first kappa shape index (κ1) is 17.4. The molecule has 0 radical (unpaired) electrons. The minimum absolute atomic E-state index is 0.313. The zero-order valence-electron chi connectivity index (χ0n) is 15.2. The lowest BCUT2D eigenvalue weighted by molar-refractivity contribution is -0.0299. The van der Waals surface area contributed by atoms with E-state index in [1.165, 1.54) is 18.2 Å². The second-order valence-electron chi connectivity index (χ2n) is 7.05. The third kappa shape index (κ3) is 2.79. The maximum absolute atomic E-state index is 10.2. The Hall–Kier alpha value is -2.75. The Labute approximate surface area is 160 Å². The predicted octanol–water partition coefficient (Wildman–Crippen LogP) is 0.979. The summed E-state index contributed by atoms with van der Waals surface area (Å²) in [5.74, 6) is 1.24. The summed E-state index contributed by atoms with van der Waals surface area (Å²) in [7, 11) is 0. The lowest BCUT2D eigenvalue weighted by Crippen LogP contribution is -2.30. The van der Waals surface area contributed by atoms with Crippen LogP contribution in [0.1, 0.15) is 24.3 Å². The van der Waals surface area contributed by atoms with Gasteiger partial charge in [-0.25, -0.2) is 9.97 Å². The van der Waals surface area contributed by atoms with Gasteiger partial charge in [0.2, 0.25) is 5.88 Å². The van der Waals surface area contributed by atoms with Gasteiger partial charge in [0.05, 0.1) is 19.0 Å². The van der Waals surface area contributed by atoms with Gasteiger partial charge in [0.25, 0.3) is 0 Å². The summed E-state index contributed by atoms with van der Waals surface area (Å²) in [6, 6.07) is 6.04. The number of imidazole rings is 1. The third-order valence-corrected chi connectivity index (χ3v) is 5.21. The second kappa shape index (κ2) is 6.69. The Bertz CT molecular complexity index is 1020. The molecule has 0 unspecified atom stereocenters. The van der Waals surface area contributed by atoms with Crippen molar-refractivity contribution in [2.24, 2.45) is 0 Å². The third-order valence-electron chi connectivity index (χ3n) is 5.21. The minimum atomic E-state index is -1.07. The fourth-order valence-corrected chi connectivity index (χ4v) is 3.63. The molecule has 3 aromatic rings. The molecule has 146 valence electrons. The van der Waals surface area contributed by atoms with Gasteiger partial charge in [-0.3, -0.25) is 4.57 Å². The summed E-state index contributed by atoms with van der Waals surface area (Å²) in [5, 5.41) is 20.2. The first-order chi connectivity index (χ1) is 13.6. The molecule has 5 rings (SSSR count). The van der Waals surface area contributed by atoms with Crippen LogP contribution in [-0.4, -0.2) is 54.7 Å². The van der Waals surface area contributed by atoms with E-state index in [9.17, 15) is 10.2 Å². The van der Waals surface area contributed by atoms with E-state index in [-0.39, 0.29) is 0 Å². The standard InChI is InChI=1S/C19H20N4O5/c1-10-15(24)16(25)19(28-10)23-9-22-14-17(23)20-8-21-18(14)27-7-11-2-3-12-4-5-26-13(12)6-11/h2-3,6,8-10,15-16,19,24-25H,4-5,7H2,1H3/t10-,15-,16-,19-/m1/s1. The summed E-state index contributed by atoms with van der Waals surface area (Å²) < 4.78 is 18.7. The molecule has 1 aromatic carbocycles. The first-order valence-corrected chi connectivity index (χ1v) is 9.18. The number of hydrogen-bond acceptors (Lipinski definition) is 8. The zero-order valence-corrected chi connectivity index (χ0v) is 15.2. The molecule has 0 aliphatic carbocycles. The van der Waals surface area contributed by atoms with Crippen LogP contribution in [0.4, 0.5) is 0 Å². The summed E-state index contributed by atoms with van der Waals surface area (Å²) in [4.78, 5) is 12.8. The topological polar surface area (TPSA) is 112 Å². The van der Waals surface area contributed by atoms with Gasteiger partial charge in [-0.2, -0.15) is 4.98 Å². The summed E-state index contributed by atoms with van der Waals surface area (Å²) in [6.45, 7) is 2.73. The van der Waals surface area contributed by atoms with E-state index in [0.717, 1.165) is 17.7 Å². The van der Waals surface area contributed by atoms with Gasteiger partial charge in [0, 0.05) is 6.42 Å². The number of rotatable bonds is 4. The van der Waals surface area contributed by atoms with Crippen LogP contribution in [-0.2, 0) is 17.8 Å². The van der Waals surface area contributed by atoms with Crippen LogP contribution >= 0.6 is 0 Å². The Morgan fingerprint density at radius 2 is 2.11 bits per heavy atom. The van der Waals surface area contributed by atoms with E-state index in [1.807, 2.05) is 12.1 Å². The summed E-state index contributed by atoms with van der Waals surface area (Å²) in [6.07, 6.45) is 0.517. The number of aliphatic hydroxyl groups excluding tert-OH is 2. The molecule has 0 amide bonds. The molecule has 1 saturated heterocycles. The molecular weight excluding hydrogens is 364 g/mol. The van der Waals surface area contributed by atoms with Crippen molar-refractivity contribution in [1.29, 1.82) is 0 Å². The van der Waals surface area contributed by atoms with Crippen LogP contribution in [0.25, 0.3) is 11.2 Å². The van der Waals surface area contributed by atoms with E-state index in [0.29, 0.717) is 30.3 Å². The molecule has 2 aromatic heterocycles. The molecule has 9 heteroatoms. The SMILES string of the molecule is C[C@H]1O[C@@H](n2cnc3c(OCc4ccc5c(c4)OCC5)ncnc32)[C@H](O)[C@@H]1O. The van der Waals surface area contributed by atoms with Crippen molar-refractivity contribution in [2.45, 2.75) is 44.5 Å². The van der Waals surface area contributed by atoms with E-state index < -0.39 is 24.5 Å². The molecule has 4 atom stereocenters. The highest BCUT2D eigenvalue weighted by molar-refractivity contribution is 5.76. The Balaban J connectivity index is 1.40. The van der Waals surface area contributed by atoms with Crippen molar-refractivity contribution >= 4 is 11.2 Å². The molecule has 2 aliphatic heterocycles. The molecular formula is C19H20N4O5. The number of ether oxygens (including phenoxy) is 3. The van der Waals surface area contributed by atoms with Gasteiger partial charge in [0.1, 0.15) is 30.9 Å². The number of aliphatic hydroxyl groups is 2. The van der Waals surface area contributed by atoms with Crippen LogP contribution in [0.15, 0.2) is 30.9 Å². The average molecular weight is 384 g/mol. The Kier molecular flexibility index (Phi) is 4.15. The van der Waals surface area contributed by atoms with Crippen molar-refractivity contribution in [3.05, 3.63) is 42.0 Å². The van der Waals surface area contributed by atoms with Crippen molar-refractivity contribution in [1.82, 2.24) is 19.5 Å². The summed E-state index contributed by atoms with van der Waals surface area (Å²) >= 11 is 0. The van der Waals surface area contributed by atoms with Crippen LogP contribution in [0.2, 0.25) is 0 Å². The van der Waals surface area contributed by atoms with E-state index in [1.54, 1.807) is 11.5 Å². The average Bonchev–Trinajstić information content (AvgIpc) is 3.40. The monoisotopic (exact) mass is 384 g/mol. The van der Waals surface area contributed by atoms with Crippen molar-refractivity contribution < 1.29 is 24.4 Å². The highest BCUT2D eigenvalue weighted by Gasteiger charge is 2.42. The number of nitrogens with zero attached hydrogens (tertiary/aromatic N) is 4. The maximum Gasteiger partial charge on any atom is 0.245 e. The van der Waals surface area contributed by atoms with Gasteiger partial charge in [-0.05, 0) is 24.1 Å². The molecule has 4 heterocycles. The van der Waals surface area contributed by atoms with Crippen LogP contribution in [0.3, 0.4) is 0 Å². The fourth-order valence-electron chi connectivity index (χ4n) is 3.63. The van der Waals surface area contributed by atoms with Gasteiger partial charge < -0.3 is 24.4 Å². The van der Waals surface area contributed by atoms with Crippen LogP contribution in [0, 0.1) is 0 Å². The molecule has 28 heavy (non-hydrogen) atoms. The molecule has 9 nitrogen and oxygen atoms in total. The van der Waals surface area contributed by atoms with Gasteiger partial charge in [-0.1, -0.05) is 12.1 Å². The molecule has 0 spiro atoms. The zero-order chi connectivity index (χ0) is 19.3. The van der Waals surface area contributed by atoms with Crippen molar-refractivity contribution in [3.63, 3.8) is 0 Å². The number of benzene rings is 1. The smallest absolute Gasteiger partial charge is 0.245 e. The van der Waals surface area contributed by atoms with Crippen molar-refractivity contribution in [2.75, 3.05) is 6.61 Å². The first-order valence-electron chi connectivity index (χ1n) is 9.18. The lowest BCUT2D eigenvalue weighted by atomic mass is 10.1. The van der Waals surface area contributed by atoms with E-state index in [2.05, 4.69) is 21.0 Å². The predicted molar refractivity (Wildman–Crippen MR) is 96.9 cm³/mol. The summed E-state index contributed by atoms with van der Waals surface area (Å²) in [5.41, 5.74) is 3.11. The Morgan fingerprint density at radius 3 is 2.93 bits per heavy atom. The maximum atomic E-state index is 10.2. The van der Waals surface area contributed by atoms with Gasteiger partial charge in [0.15, 0.2) is 17.4 Å². The van der Waals surface area contributed by atoms with Gasteiger partial charge in [-0.15, -0.1) is 0 Å². The van der Waals surface area contributed by atoms with E-state index in [4.69, 9.17) is 14.2 Å². The number of aromatic nitrogens is 4. The highest BCUT2D eigenvalue weighted by Crippen LogP contribution is 2.32. The molecule has 0 bridgehead atoms. The molecule has 2 N–H and O–H groups in total.